The number of imidazole rings is 1. The van der Waals surface area contributed by atoms with Crippen LogP contribution in [0.15, 0.2) is 36.7 Å². The molecule has 0 saturated heterocycles. The average Bonchev–Trinajstić information content (AvgIpc) is 2.91. The Balaban J connectivity index is 2.09. The monoisotopic (exact) mass is 268 g/mol. The third-order valence-corrected chi connectivity index (χ3v) is 3.03. The van der Waals surface area contributed by atoms with Gasteiger partial charge in [-0.1, -0.05) is 19.4 Å². The van der Waals surface area contributed by atoms with Gasteiger partial charge in [0.2, 0.25) is 0 Å². The lowest BCUT2D eigenvalue weighted by molar-refractivity contribution is 0.874. The smallest absolute Gasteiger partial charge is 0.182 e. The quantitative estimate of drug-likeness (QED) is 0.559. The number of pyridine rings is 1. The second-order valence-electron chi connectivity index (χ2n) is 4.55. The predicted molar refractivity (Wildman–Crippen MR) is 78.0 cm³/mol. The van der Waals surface area contributed by atoms with E-state index in [-0.39, 0.29) is 0 Å². The van der Waals surface area contributed by atoms with Crippen LogP contribution in [0.3, 0.4) is 0 Å². The second-order valence-corrected chi connectivity index (χ2v) is 4.55. The first-order valence-electron chi connectivity index (χ1n) is 6.59. The van der Waals surface area contributed by atoms with Gasteiger partial charge < -0.3 is 9.83 Å². The van der Waals surface area contributed by atoms with Gasteiger partial charge in [-0.05, 0) is 18.6 Å². The lowest BCUT2D eigenvalue weighted by Gasteiger charge is -2.05. The molecular formula is C14H16N6. The van der Waals surface area contributed by atoms with Crippen molar-refractivity contribution in [2.24, 2.45) is 5.84 Å². The van der Waals surface area contributed by atoms with Crippen LogP contribution in [0.1, 0.15) is 19.0 Å². The summed E-state index contributed by atoms with van der Waals surface area (Å²) in [5.41, 5.74) is 5.16. The molecule has 0 atom stereocenters. The van der Waals surface area contributed by atoms with Gasteiger partial charge in [0.05, 0.1) is 0 Å². The lowest BCUT2D eigenvalue weighted by Crippen LogP contribution is -2.10. The van der Waals surface area contributed by atoms with Gasteiger partial charge in [0.15, 0.2) is 5.82 Å². The fourth-order valence-corrected chi connectivity index (χ4v) is 2.11. The Labute approximate surface area is 116 Å². The van der Waals surface area contributed by atoms with Crippen LogP contribution < -0.4 is 11.3 Å². The number of nitrogens with two attached hydrogens (primary N) is 1. The number of anilines is 1. The Morgan fingerprint density at radius 3 is 2.90 bits per heavy atom. The zero-order valence-electron chi connectivity index (χ0n) is 11.2. The molecule has 0 spiro atoms. The van der Waals surface area contributed by atoms with Crippen LogP contribution in [0.25, 0.3) is 17.2 Å². The lowest BCUT2D eigenvalue weighted by atomic mass is 10.2. The van der Waals surface area contributed by atoms with Crippen molar-refractivity contribution in [3.63, 3.8) is 0 Å². The molecule has 0 amide bonds. The SMILES string of the molecule is CCCc1cc(NN)nc(-c2cn3ccccc3n2)n1. The van der Waals surface area contributed by atoms with E-state index in [2.05, 4.69) is 27.3 Å². The minimum absolute atomic E-state index is 0.590. The van der Waals surface area contributed by atoms with E-state index in [4.69, 9.17) is 5.84 Å². The van der Waals surface area contributed by atoms with Crippen LogP contribution >= 0.6 is 0 Å². The maximum atomic E-state index is 5.47. The summed E-state index contributed by atoms with van der Waals surface area (Å²) in [6, 6.07) is 7.72. The van der Waals surface area contributed by atoms with Crippen LogP contribution in [0.4, 0.5) is 5.82 Å². The molecule has 0 aliphatic rings. The van der Waals surface area contributed by atoms with Gasteiger partial charge in [-0.2, -0.15) is 0 Å². The Hall–Kier alpha value is -2.47. The van der Waals surface area contributed by atoms with Crippen molar-refractivity contribution in [2.45, 2.75) is 19.8 Å². The molecule has 0 bridgehead atoms. The molecule has 3 aromatic rings. The van der Waals surface area contributed by atoms with E-state index < -0.39 is 0 Å². The molecule has 3 rings (SSSR count). The van der Waals surface area contributed by atoms with Crippen molar-refractivity contribution in [3.8, 4) is 11.5 Å². The number of hydrazine groups is 1. The van der Waals surface area contributed by atoms with Crippen LogP contribution in [0.2, 0.25) is 0 Å². The van der Waals surface area contributed by atoms with Gasteiger partial charge in [-0.25, -0.2) is 20.8 Å². The number of rotatable bonds is 4. The van der Waals surface area contributed by atoms with Crippen LogP contribution in [0, 0.1) is 0 Å². The molecule has 0 saturated carbocycles. The third-order valence-electron chi connectivity index (χ3n) is 3.03. The molecule has 3 aromatic heterocycles. The minimum Gasteiger partial charge on any atom is -0.308 e. The number of nitrogens with zero attached hydrogens (tertiary/aromatic N) is 4. The highest BCUT2D eigenvalue weighted by Crippen LogP contribution is 2.18. The molecule has 0 radical (unpaired) electrons. The Kier molecular flexibility index (Phi) is 3.30. The summed E-state index contributed by atoms with van der Waals surface area (Å²) in [6.45, 7) is 2.11. The summed E-state index contributed by atoms with van der Waals surface area (Å²) < 4.78 is 1.95. The van der Waals surface area contributed by atoms with Crippen molar-refractivity contribution in [1.29, 1.82) is 0 Å². The van der Waals surface area contributed by atoms with E-state index in [1.54, 1.807) is 0 Å². The van der Waals surface area contributed by atoms with Crippen LogP contribution in [-0.4, -0.2) is 19.4 Å². The highest BCUT2D eigenvalue weighted by atomic mass is 15.3. The maximum absolute atomic E-state index is 5.47. The number of nitrogens with one attached hydrogen (secondary N) is 1. The largest absolute Gasteiger partial charge is 0.308 e. The normalized spacial score (nSPS) is 10.9. The van der Waals surface area contributed by atoms with E-state index in [1.165, 1.54) is 0 Å². The van der Waals surface area contributed by atoms with Gasteiger partial charge in [0, 0.05) is 24.2 Å². The molecule has 102 valence electrons. The molecule has 20 heavy (non-hydrogen) atoms. The zero-order valence-corrected chi connectivity index (χ0v) is 11.2. The van der Waals surface area contributed by atoms with Gasteiger partial charge in [0.1, 0.15) is 17.2 Å². The zero-order chi connectivity index (χ0) is 13.9. The molecule has 0 unspecified atom stereocenters. The molecule has 3 heterocycles. The molecule has 6 nitrogen and oxygen atoms in total. The standard InChI is InChI=1S/C14H16N6/c1-2-5-10-8-12(19-15)18-14(16-10)11-9-20-7-4-3-6-13(20)17-11/h3-4,6-9H,2,5,15H2,1H3,(H,16,18,19). The predicted octanol–water partition coefficient (Wildman–Crippen LogP) is 2.03. The molecule has 3 N–H and O–H groups in total. The first-order chi connectivity index (χ1) is 9.80. The van der Waals surface area contributed by atoms with Crippen molar-refractivity contribution < 1.29 is 0 Å². The summed E-state index contributed by atoms with van der Waals surface area (Å²) >= 11 is 0. The highest BCUT2D eigenvalue weighted by molar-refractivity contribution is 5.57. The van der Waals surface area contributed by atoms with Crippen molar-refractivity contribution in [1.82, 2.24) is 19.4 Å². The van der Waals surface area contributed by atoms with E-state index in [9.17, 15) is 0 Å². The van der Waals surface area contributed by atoms with Gasteiger partial charge in [-0.3, -0.25) is 0 Å². The molecular weight excluding hydrogens is 252 g/mol. The molecule has 0 aliphatic heterocycles. The van der Waals surface area contributed by atoms with E-state index in [0.29, 0.717) is 11.6 Å². The Bertz CT molecular complexity index is 700. The number of hydrogen-bond acceptors (Lipinski definition) is 5. The number of aromatic nitrogens is 4. The van der Waals surface area contributed by atoms with E-state index in [1.807, 2.05) is 41.1 Å². The number of nitrogen functional groups attached to an aromatic ring is 1. The van der Waals surface area contributed by atoms with Gasteiger partial charge in [0.25, 0.3) is 0 Å². The minimum atomic E-state index is 0.590. The summed E-state index contributed by atoms with van der Waals surface area (Å²) in [5, 5.41) is 0. The van der Waals surface area contributed by atoms with Crippen molar-refractivity contribution >= 4 is 11.5 Å². The second kappa shape index (κ2) is 5.26. The van der Waals surface area contributed by atoms with E-state index >= 15 is 0 Å². The Morgan fingerprint density at radius 1 is 1.25 bits per heavy atom. The molecule has 0 aromatic carbocycles. The first kappa shape index (κ1) is 12.6. The molecule has 0 aliphatic carbocycles. The van der Waals surface area contributed by atoms with Crippen LogP contribution in [-0.2, 0) is 6.42 Å². The maximum Gasteiger partial charge on any atom is 0.182 e. The topological polar surface area (TPSA) is 81.1 Å². The van der Waals surface area contributed by atoms with Crippen molar-refractivity contribution in [2.75, 3.05) is 5.43 Å². The first-order valence-corrected chi connectivity index (χ1v) is 6.59. The average molecular weight is 268 g/mol. The van der Waals surface area contributed by atoms with Crippen LogP contribution in [0.5, 0.6) is 0 Å². The fraction of sp³-hybridized carbons (Fsp3) is 0.214. The fourth-order valence-electron chi connectivity index (χ4n) is 2.11. The summed E-state index contributed by atoms with van der Waals surface area (Å²) in [7, 11) is 0. The third kappa shape index (κ3) is 2.33. The van der Waals surface area contributed by atoms with Gasteiger partial charge in [-0.15, -0.1) is 0 Å². The highest BCUT2D eigenvalue weighted by Gasteiger charge is 2.10. The van der Waals surface area contributed by atoms with Gasteiger partial charge >= 0.3 is 0 Å². The molecule has 6 heteroatoms. The summed E-state index contributed by atoms with van der Waals surface area (Å²) in [4.78, 5) is 13.5. The number of fused-ring (bicyclic) bond motifs is 1. The Morgan fingerprint density at radius 2 is 2.15 bits per heavy atom. The summed E-state index contributed by atoms with van der Waals surface area (Å²) in [6.07, 6.45) is 5.77. The summed E-state index contributed by atoms with van der Waals surface area (Å²) in [5.74, 6) is 6.67. The number of hydrogen-bond donors (Lipinski definition) is 2. The van der Waals surface area contributed by atoms with Crippen molar-refractivity contribution in [3.05, 3.63) is 42.4 Å². The van der Waals surface area contributed by atoms with E-state index in [0.717, 1.165) is 29.9 Å². The number of aryl methyl sites for hydroxylation is 1. The molecule has 0 fully saturated rings.